The Morgan fingerprint density at radius 3 is 2.56 bits per heavy atom. The van der Waals surface area contributed by atoms with Crippen LogP contribution in [0.4, 0.5) is 0 Å². The van der Waals surface area contributed by atoms with E-state index in [2.05, 4.69) is 5.32 Å². The normalized spacial score (nSPS) is 26.3. The van der Waals surface area contributed by atoms with Gasteiger partial charge in [0.05, 0.1) is 12.1 Å². The minimum absolute atomic E-state index is 0. The number of hydrogen-bond donors (Lipinski definition) is 3. The first kappa shape index (κ1) is 15.7. The van der Waals surface area contributed by atoms with Gasteiger partial charge in [-0.15, -0.1) is 12.4 Å². The summed E-state index contributed by atoms with van der Waals surface area (Å²) in [6.07, 6.45) is 2.66. The van der Waals surface area contributed by atoms with Crippen molar-refractivity contribution in [2.45, 2.75) is 45.3 Å². The molecular weight excluding hydrogens is 228 g/mol. The lowest BCUT2D eigenvalue weighted by atomic mass is 10.0. The molecule has 3 atom stereocenters. The lowest BCUT2D eigenvalue weighted by molar-refractivity contribution is -0.123. The molecule has 0 heterocycles. The lowest BCUT2D eigenvalue weighted by Crippen LogP contribution is -2.45. The number of amides is 1. The summed E-state index contributed by atoms with van der Waals surface area (Å²) in [6.45, 7) is 4.41. The van der Waals surface area contributed by atoms with Gasteiger partial charge in [-0.25, -0.2) is 0 Å². The maximum atomic E-state index is 11.5. The fraction of sp³-hybridized carbons (Fsp3) is 0.909. The van der Waals surface area contributed by atoms with Crippen molar-refractivity contribution in [3.8, 4) is 0 Å². The fourth-order valence-electron chi connectivity index (χ4n) is 1.91. The van der Waals surface area contributed by atoms with E-state index in [1.807, 2.05) is 13.8 Å². The van der Waals surface area contributed by atoms with Crippen LogP contribution in [0.25, 0.3) is 0 Å². The van der Waals surface area contributed by atoms with Crippen LogP contribution in [0.2, 0.25) is 0 Å². The van der Waals surface area contributed by atoms with Gasteiger partial charge in [-0.3, -0.25) is 4.79 Å². The van der Waals surface area contributed by atoms with Gasteiger partial charge in [0.25, 0.3) is 0 Å². The average Bonchev–Trinajstić information content (AvgIpc) is 2.59. The highest BCUT2D eigenvalue weighted by Crippen LogP contribution is 2.24. The van der Waals surface area contributed by atoms with E-state index in [0.29, 0.717) is 6.54 Å². The fourth-order valence-corrected chi connectivity index (χ4v) is 1.91. The molecule has 0 spiro atoms. The maximum Gasteiger partial charge on any atom is 0.237 e. The predicted molar refractivity (Wildman–Crippen MR) is 66.4 cm³/mol. The van der Waals surface area contributed by atoms with Crippen molar-refractivity contribution in [3.05, 3.63) is 0 Å². The highest BCUT2D eigenvalue weighted by molar-refractivity contribution is 5.85. The third kappa shape index (κ3) is 4.28. The summed E-state index contributed by atoms with van der Waals surface area (Å²) >= 11 is 0. The minimum Gasteiger partial charge on any atom is -0.393 e. The van der Waals surface area contributed by atoms with Crippen LogP contribution in [-0.4, -0.2) is 29.7 Å². The number of halogens is 1. The van der Waals surface area contributed by atoms with E-state index >= 15 is 0 Å². The highest BCUT2D eigenvalue weighted by atomic mass is 35.5. The average molecular weight is 251 g/mol. The highest BCUT2D eigenvalue weighted by Gasteiger charge is 2.26. The second-order valence-electron chi connectivity index (χ2n) is 4.77. The third-order valence-electron chi connectivity index (χ3n) is 3.18. The molecule has 16 heavy (non-hydrogen) atoms. The van der Waals surface area contributed by atoms with E-state index in [0.717, 1.165) is 19.3 Å². The number of carbonyl (C=O) groups is 1. The zero-order valence-corrected chi connectivity index (χ0v) is 10.8. The van der Waals surface area contributed by atoms with E-state index in [9.17, 15) is 9.90 Å². The van der Waals surface area contributed by atoms with Crippen LogP contribution in [-0.2, 0) is 4.79 Å². The molecule has 0 aliphatic heterocycles. The summed E-state index contributed by atoms with van der Waals surface area (Å²) < 4.78 is 0. The molecule has 5 heteroatoms. The van der Waals surface area contributed by atoms with Gasteiger partial charge in [-0.05, 0) is 18.8 Å². The third-order valence-corrected chi connectivity index (χ3v) is 3.18. The molecule has 0 aromatic heterocycles. The van der Waals surface area contributed by atoms with E-state index in [-0.39, 0.29) is 36.3 Å². The summed E-state index contributed by atoms with van der Waals surface area (Å²) in [6, 6.07) is -0.441. The maximum absolute atomic E-state index is 11.5. The van der Waals surface area contributed by atoms with Gasteiger partial charge < -0.3 is 16.2 Å². The second kappa shape index (κ2) is 7.09. The van der Waals surface area contributed by atoms with Crippen LogP contribution in [0.1, 0.15) is 33.1 Å². The zero-order valence-electron chi connectivity index (χ0n) is 9.98. The van der Waals surface area contributed by atoms with E-state index < -0.39 is 6.04 Å². The Hall–Kier alpha value is -0.320. The molecule has 0 saturated heterocycles. The Labute approximate surface area is 103 Å². The van der Waals surface area contributed by atoms with Crippen LogP contribution in [0.3, 0.4) is 0 Å². The largest absolute Gasteiger partial charge is 0.393 e. The molecular formula is C11H23ClN2O2. The first-order valence-electron chi connectivity index (χ1n) is 5.73. The number of aliphatic hydroxyl groups is 1. The molecule has 1 aliphatic rings. The van der Waals surface area contributed by atoms with Gasteiger partial charge in [-0.2, -0.15) is 0 Å². The standard InChI is InChI=1S/C11H22N2O2.ClH/c1-7(2)10(12)11(15)13-6-8-4-3-5-9(8)14;/h7-10,14H,3-6,12H2,1-2H3,(H,13,15);1H/t8?,9?,10-;/m1./s1. The Balaban J connectivity index is 0.00000225. The van der Waals surface area contributed by atoms with E-state index in [4.69, 9.17) is 5.73 Å². The van der Waals surface area contributed by atoms with E-state index in [1.165, 1.54) is 0 Å². The molecule has 4 N–H and O–H groups in total. The van der Waals surface area contributed by atoms with Crippen molar-refractivity contribution < 1.29 is 9.90 Å². The molecule has 1 rings (SSSR count). The molecule has 0 radical (unpaired) electrons. The molecule has 1 amide bonds. The van der Waals surface area contributed by atoms with Crippen LogP contribution in [0.15, 0.2) is 0 Å². The molecule has 4 nitrogen and oxygen atoms in total. The SMILES string of the molecule is CC(C)[C@@H](N)C(=O)NCC1CCCC1O.Cl. The summed E-state index contributed by atoms with van der Waals surface area (Å²) in [4.78, 5) is 11.5. The molecule has 0 aromatic rings. The molecule has 1 fully saturated rings. The Bertz CT molecular complexity index is 224. The number of hydrogen-bond acceptors (Lipinski definition) is 3. The molecule has 0 aromatic carbocycles. The van der Waals surface area contributed by atoms with Crippen molar-refractivity contribution in [1.82, 2.24) is 5.32 Å². The number of nitrogens with one attached hydrogen (secondary N) is 1. The van der Waals surface area contributed by atoms with Crippen LogP contribution >= 0.6 is 12.4 Å². The summed E-state index contributed by atoms with van der Waals surface area (Å²) in [7, 11) is 0. The summed E-state index contributed by atoms with van der Waals surface area (Å²) in [5.74, 6) is 0.260. The minimum atomic E-state index is -0.441. The van der Waals surface area contributed by atoms with Gasteiger partial charge in [0.2, 0.25) is 5.91 Å². The molecule has 2 unspecified atom stereocenters. The summed E-state index contributed by atoms with van der Waals surface area (Å²) in [5.41, 5.74) is 5.70. The second-order valence-corrected chi connectivity index (χ2v) is 4.77. The van der Waals surface area contributed by atoms with Crippen LogP contribution in [0, 0.1) is 11.8 Å². The number of carbonyl (C=O) groups excluding carboxylic acids is 1. The molecule has 0 bridgehead atoms. The van der Waals surface area contributed by atoms with Gasteiger partial charge in [-0.1, -0.05) is 20.3 Å². The Morgan fingerprint density at radius 1 is 1.50 bits per heavy atom. The quantitative estimate of drug-likeness (QED) is 0.687. The monoisotopic (exact) mass is 250 g/mol. The smallest absolute Gasteiger partial charge is 0.237 e. The number of nitrogens with two attached hydrogens (primary N) is 1. The van der Waals surface area contributed by atoms with Crippen LogP contribution < -0.4 is 11.1 Å². The molecule has 1 saturated carbocycles. The number of rotatable bonds is 4. The topological polar surface area (TPSA) is 75.4 Å². The van der Waals surface area contributed by atoms with Crippen molar-refractivity contribution in [2.75, 3.05) is 6.54 Å². The van der Waals surface area contributed by atoms with Gasteiger partial charge >= 0.3 is 0 Å². The van der Waals surface area contributed by atoms with Gasteiger partial charge in [0.15, 0.2) is 0 Å². The van der Waals surface area contributed by atoms with Crippen molar-refractivity contribution in [3.63, 3.8) is 0 Å². The van der Waals surface area contributed by atoms with Crippen molar-refractivity contribution in [2.24, 2.45) is 17.6 Å². The van der Waals surface area contributed by atoms with Gasteiger partial charge in [0, 0.05) is 12.5 Å². The van der Waals surface area contributed by atoms with Crippen molar-refractivity contribution >= 4 is 18.3 Å². The lowest BCUT2D eigenvalue weighted by Gasteiger charge is -2.19. The zero-order chi connectivity index (χ0) is 11.4. The Morgan fingerprint density at radius 2 is 2.12 bits per heavy atom. The summed E-state index contributed by atoms with van der Waals surface area (Å²) in [5, 5.41) is 12.4. The molecule has 96 valence electrons. The van der Waals surface area contributed by atoms with Crippen LogP contribution in [0.5, 0.6) is 0 Å². The van der Waals surface area contributed by atoms with Crippen molar-refractivity contribution in [1.29, 1.82) is 0 Å². The van der Waals surface area contributed by atoms with E-state index in [1.54, 1.807) is 0 Å². The van der Waals surface area contributed by atoms with Gasteiger partial charge in [0.1, 0.15) is 0 Å². The first-order valence-corrected chi connectivity index (χ1v) is 5.73. The predicted octanol–water partition coefficient (Wildman–Crippen LogP) is 0.669. The number of aliphatic hydroxyl groups excluding tert-OH is 1. The first-order chi connectivity index (χ1) is 7.02. The Kier molecular flexibility index (Phi) is 6.95. The molecule has 1 aliphatic carbocycles.